The summed E-state index contributed by atoms with van der Waals surface area (Å²) in [5.74, 6) is 0.219. The number of benzene rings is 1. The van der Waals surface area contributed by atoms with Crippen LogP contribution in [-0.2, 0) is 9.84 Å². The number of carbonyl (C=O) groups is 1. The van der Waals surface area contributed by atoms with Gasteiger partial charge in [-0.05, 0) is 70.4 Å². The Morgan fingerprint density at radius 3 is 2.59 bits per heavy atom. The maximum Gasteiger partial charge on any atom is 0.319 e. The van der Waals surface area contributed by atoms with E-state index in [4.69, 9.17) is 4.74 Å². The number of carbonyl (C=O) groups excluding carboxylic acids is 1. The Kier molecular flexibility index (Phi) is 10.1. The lowest BCUT2D eigenvalue weighted by Gasteiger charge is -2.19. The summed E-state index contributed by atoms with van der Waals surface area (Å²) in [5.41, 5.74) is 3.83. The number of nitrogens with one attached hydrogen (secondary N) is 2. The topological polar surface area (TPSA) is 87.7 Å². The van der Waals surface area contributed by atoms with Gasteiger partial charge >= 0.3 is 6.03 Å². The largest absolute Gasteiger partial charge is 0.495 e. The lowest BCUT2D eigenvalue weighted by Crippen LogP contribution is -2.37. The Balaban J connectivity index is 1.75. The molecule has 2 amide bonds. The molecule has 2 aliphatic rings. The van der Waals surface area contributed by atoms with Gasteiger partial charge in [0, 0.05) is 29.0 Å². The molecule has 0 aromatic heterocycles. The van der Waals surface area contributed by atoms with Gasteiger partial charge < -0.3 is 15.4 Å². The molecule has 202 valence electrons. The summed E-state index contributed by atoms with van der Waals surface area (Å²) in [6.45, 7) is 9.81. The number of rotatable bonds is 10. The highest BCUT2D eigenvalue weighted by atomic mass is 32.2. The number of amides is 2. The molecule has 1 aliphatic carbocycles. The molecule has 37 heavy (non-hydrogen) atoms. The summed E-state index contributed by atoms with van der Waals surface area (Å²) in [5, 5.41) is 5.71. The summed E-state index contributed by atoms with van der Waals surface area (Å²) >= 11 is 1.59. The normalized spacial score (nSPS) is 17.8. The molecule has 0 saturated heterocycles. The van der Waals surface area contributed by atoms with Gasteiger partial charge in [-0.3, -0.25) is 4.90 Å². The first-order valence-electron chi connectivity index (χ1n) is 12.6. The molecule has 0 saturated carbocycles. The van der Waals surface area contributed by atoms with Gasteiger partial charge in [0.15, 0.2) is 9.84 Å². The summed E-state index contributed by atoms with van der Waals surface area (Å²) in [7, 11) is -0.109. The van der Waals surface area contributed by atoms with E-state index < -0.39 is 9.84 Å². The number of ether oxygens (including phenoxy) is 1. The number of likely N-dealkylation sites (N-methyl/N-ethyl adjacent to an activating group) is 1. The molecule has 0 radical (unpaired) electrons. The minimum absolute atomic E-state index is 0.0750. The SMILES string of the molecule is CC/C(C)=C(/CS(=O)(=O)c1ccc(NC(=O)N[C@@H](C)C2=CCCC=C2)c(OC)c1)SC1=C(C)CN(C)C1. The number of allylic oxidation sites excluding steroid dienone is 3. The van der Waals surface area contributed by atoms with Crippen molar-refractivity contribution in [1.82, 2.24) is 10.2 Å². The first-order chi connectivity index (χ1) is 17.5. The number of nitrogens with zero attached hydrogens (tertiary/aromatic N) is 1. The fourth-order valence-corrected chi connectivity index (χ4v) is 7.41. The second-order valence-electron chi connectivity index (χ2n) is 9.66. The van der Waals surface area contributed by atoms with E-state index in [1.807, 2.05) is 26.8 Å². The third kappa shape index (κ3) is 7.75. The Bertz CT molecular complexity index is 1250. The molecule has 1 atom stereocenters. The standard InChI is InChI=1S/C28H39N3O4S2/c1-7-19(2)27(36-26-17-31(5)16-20(26)3)18-37(33,34)23-13-14-24(25(15-23)35-6)30-28(32)29-21(4)22-11-9-8-10-12-22/h9,11-15,21H,7-8,10,16-18H2,1-6H3,(H2,29,30,32)/b27-19-/t21-/m0/s1. The molecular formula is C28H39N3O4S2. The molecule has 1 heterocycles. The molecule has 3 rings (SSSR count). The third-order valence-electron chi connectivity index (χ3n) is 6.62. The lowest BCUT2D eigenvalue weighted by atomic mass is 10.0. The van der Waals surface area contributed by atoms with Crippen LogP contribution in [0.2, 0.25) is 0 Å². The second-order valence-corrected chi connectivity index (χ2v) is 12.8. The van der Waals surface area contributed by atoms with Crippen molar-refractivity contribution in [2.45, 2.75) is 57.9 Å². The average Bonchev–Trinajstić information content (AvgIpc) is 3.19. The van der Waals surface area contributed by atoms with Crippen LogP contribution in [0, 0.1) is 0 Å². The molecule has 1 aromatic rings. The number of hydrogen-bond acceptors (Lipinski definition) is 6. The highest BCUT2D eigenvalue weighted by molar-refractivity contribution is 8.07. The Morgan fingerprint density at radius 2 is 2.00 bits per heavy atom. The number of sulfone groups is 1. The van der Waals surface area contributed by atoms with Gasteiger partial charge in [-0.2, -0.15) is 0 Å². The molecule has 0 spiro atoms. The molecule has 1 aromatic carbocycles. The molecule has 7 nitrogen and oxygen atoms in total. The molecule has 0 fully saturated rings. The van der Waals surface area contributed by atoms with E-state index in [-0.39, 0.29) is 22.7 Å². The number of thioether (sulfide) groups is 1. The Hall–Kier alpha value is -2.49. The molecule has 2 N–H and O–H groups in total. The van der Waals surface area contributed by atoms with Gasteiger partial charge in [0.1, 0.15) is 5.75 Å². The maximum absolute atomic E-state index is 13.5. The summed E-state index contributed by atoms with van der Waals surface area (Å²) in [6, 6.07) is 4.06. The van der Waals surface area contributed by atoms with E-state index in [0.29, 0.717) is 11.4 Å². The zero-order valence-electron chi connectivity index (χ0n) is 22.7. The van der Waals surface area contributed by atoms with Crippen LogP contribution in [0.3, 0.4) is 0 Å². The number of hydrogen-bond donors (Lipinski definition) is 2. The predicted molar refractivity (Wildman–Crippen MR) is 154 cm³/mol. The van der Waals surface area contributed by atoms with Crippen molar-refractivity contribution < 1.29 is 17.9 Å². The predicted octanol–water partition coefficient (Wildman–Crippen LogP) is 5.89. The van der Waals surface area contributed by atoms with Crippen molar-refractivity contribution in [2.24, 2.45) is 0 Å². The van der Waals surface area contributed by atoms with E-state index in [2.05, 4.69) is 41.7 Å². The number of urea groups is 1. The van der Waals surface area contributed by atoms with Gasteiger partial charge in [-0.15, -0.1) is 0 Å². The summed E-state index contributed by atoms with van der Waals surface area (Å²) < 4.78 is 32.4. The first kappa shape index (κ1) is 29.1. The van der Waals surface area contributed by atoms with E-state index >= 15 is 0 Å². The minimum Gasteiger partial charge on any atom is -0.495 e. The smallest absolute Gasteiger partial charge is 0.319 e. The maximum atomic E-state index is 13.5. The van der Waals surface area contributed by atoms with Crippen LogP contribution < -0.4 is 15.4 Å². The number of methoxy groups -OCH3 is 1. The number of anilines is 1. The van der Waals surface area contributed by atoms with E-state index in [1.54, 1.807) is 17.8 Å². The van der Waals surface area contributed by atoms with Crippen molar-refractivity contribution in [3.05, 3.63) is 63.0 Å². The summed E-state index contributed by atoms with van der Waals surface area (Å²) in [6.07, 6.45) is 9.00. The van der Waals surface area contributed by atoms with Crippen molar-refractivity contribution in [1.29, 1.82) is 0 Å². The quantitative estimate of drug-likeness (QED) is 0.381. The minimum atomic E-state index is -3.64. The molecule has 0 unspecified atom stereocenters. The highest BCUT2D eigenvalue weighted by Crippen LogP contribution is 2.37. The van der Waals surface area contributed by atoms with Crippen LogP contribution in [0.1, 0.15) is 47.0 Å². The van der Waals surface area contributed by atoms with Gasteiger partial charge in [0.05, 0.1) is 29.5 Å². The van der Waals surface area contributed by atoms with Crippen molar-refractivity contribution in [2.75, 3.05) is 38.3 Å². The van der Waals surface area contributed by atoms with Crippen LogP contribution in [-0.4, -0.2) is 58.4 Å². The lowest BCUT2D eigenvalue weighted by molar-refractivity contribution is 0.250. The fourth-order valence-electron chi connectivity index (χ4n) is 4.25. The van der Waals surface area contributed by atoms with Gasteiger partial charge in [0.2, 0.25) is 0 Å². The van der Waals surface area contributed by atoms with Crippen LogP contribution in [0.25, 0.3) is 0 Å². The van der Waals surface area contributed by atoms with Crippen LogP contribution in [0.4, 0.5) is 10.5 Å². The van der Waals surface area contributed by atoms with E-state index in [9.17, 15) is 13.2 Å². The first-order valence-corrected chi connectivity index (χ1v) is 15.1. The zero-order chi connectivity index (χ0) is 27.2. The molecule has 1 aliphatic heterocycles. The van der Waals surface area contributed by atoms with E-state index in [1.165, 1.54) is 29.7 Å². The van der Waals surface area contributed by atoms with E-state index in [0.717, 1.165) is 48.4 Å². The van der Waals surface area contributed by atoms with Crippen molar-refractivity contribution >= 4 is 33.3 Å². The Labute approximate surface area is 226 Å². The summed E-state index contributed by atoms with van der Waals surface area (Å²) in [4.78, 5) is 17.1. The second kappa shape index (κ2) is 12.8. The van der Waals surface area contributed by atoms with Crippen molar-refractivity contribution in [3.63, 3.8) is 0 Å². The molecule has 9 heteroatoms. The fraction of sp³-hybridized carbons (Fsp3) is 0.464. The van der Waals surface area contributed by atoms with Gasteiger partial charge in [-0.25, -0.2) is 13.2 Å². The van der Waals surface area contributed by atoms with Crippen LogP contribution >= 0.6 is 11.8 Å². The van der Waals surface area contributed by atoms with Crippen LogP contribution in [0.15, 0.2) is 67.9 Å². The average molecular weight is 546 g/mol. The van der Waals surface area contributed by atoms with Crippen molar-refractivity contribution in [3.8, 4) is 5.75 Å². The Morgan fingerprint density at radius 1 is 1.24 bits per heavy atom. The highest BCUT2D eigenvalue weighted by Gasteiger charge is 2.24. The van der Waals surface area contributed by atoms with Gasteiger partial charge in [0.25, 0.3) is 0 Å². The molecule has 0 bridgehead atoms. The third-order valence-corrected chi connectivity index (χ3v) is 9.91. The molecular weight excluding hydrogens is 506 g/mol. The monoisotopic (exact) mass is 545 g/mol. The van der Waals surface area contributed by atoms with Gasteiger partial charge in [-0.1, -0.05) is 42.5 Å². The van der Waals surface area contributed by atoms with Crippen LogP contribution in [0.5, 0.6) is 5.75 Å². The zero-order valence-corrected chi connectivity index (χ0v) is 24.3.